The van der Waals surface area contributed by atoms with Crippen molar-refractivity contribution in [2.75, 3.05) is 10.6 Å². The van der Waals surface area contributed by atoms with E-state index < -0.39 is 0 Å². The third-order valence-electron chi connectivity index (χ3n) is 3.93. The van der Waals surface area contributed by atoms with Crippen LogP contribution in [0.1, 0.15) is 50.0 Å². The van der Waals surface area contributed by atoms with Crippen LogP contribution in [0, 0.1) is 13.8 Å². The highest BCUT2D eigenvalue weighted by Gasteiger charge is 2.14. The van der Waals surface area contributed by atoms with Gasteiger partial charge in [-0.25, -0.2) is 4.98 Å². The van der Waals surface area contributed by atoms with Crippen LogP contribution in [-0.4, -0.2) is 21.2 Å². The first-order valence-electron chi connectivity index (χ1n) is 8.01. The van der Waals surface area contributed by atoms with Crippen LogP contribution in [-0.2, 0) is 0 Å². The van der Waals surface area contributed by atoms with E-state index in [-0.39, 0.29) is 0 Å². The molecule has 1 aliphatic carbocycles. The number of anilines is 3. The number of hydrogen-bond acceptors (Lipinski definition) is 6. The van der Waals surface area contributed by atoms with E-state index in [0.29, 0.717) is 17.8 Å². The molecule has 0 aliphatic heterocycles. The number of aryl methyl sites for hydroxylation is 2. The minimum atomic E-state index is 0.478. The van der Waals surface area contributed by atoms with E-state index in [9.17, 15) is 0 Å². The topological polar surface area (TPSA) is 75.9 Å². The molecule has 6 nitrogen and oxygen atoms in total. The van der Waals surface area contributed by atoms with Crippen LogP contribution in [0.2, 0.25) is 0 Å². The van der Waals surface area contributed by atoms with Crippen LogP contribution < -0.4 is 10.6 Å². The number of nitrogens with one attached hydrogen (secondary N) is 2. The summed E-state index contributed by atoms with van der Waals surface area (Å²) in [5.74, 6) is 2.85. The van der Waals surface area contributed by atoms with Crippen LogP contribution in [0.25, 0.3) is 0 Å². The lowest BCUT2D eigenvalue weighted by Gasteiger charge is -2.17. The summed E-state index contributed by atoms with van der Waals surface area (Å²) in [4.78, 5) is 9.05. The van der Waals surface area contributed by atoms with Crippen LogP contribution in [0.3, 0.4) is 0 Å². The van der Waals surface area contributed by atoms with E-state index in [0.717, 1.165) is 17.3 Å². The maximum Gasteiger partial charge on any atom is 0.225 e. The summed E-state index contributed by atoms with van der Waals surface area (Å²) >= 11 is 0. The van der Waals surface area contributed by atoms with Gasteiger partial charge in [0.25, 0.3) is 0 Å². The molecule has 0 spiro atoms. The largest absolute Gasteiger partial charge is 0.360 e. The fourth-order valence-corrected chi connectivity index (χ4v) is 2.86. The highest BCUT2D eigenvalue weighted by Crippen LogP contribution is 2.21. The molecule has 2 aromatic heterocycles. The van der Waals surface area contributed by atoms with Gasteiger partial charge in [0, 0.05) is 23.9 Å². The predicted molar refractivity (Wildman–Crippen MR) is 86.4 cm³/mol. The standard InChI is InChI=1S/C16H23N5O/c1-11-9-14(19-15-10-12(2)22-21-15)20-16(17-11)18-13-7-5-3-4-6-8-13/h9-10,13H,3-8H2,1-2H3,(H2,17,18,19,20,21). The van der Waals surface area contributed by atoms with E-state index in [1.54, 1.807) is 0 Å². The summed E-state index contributed by atoms with van der Waals surface area (Å²) in [5, 5.41) is 10.6. The van der Waals surface area contributed by atoms with E-state index in [1.807, 2.05) is 26.0 Å². The summed E-state index contributed by atoms with van der Waals surface area (Å²) in [7, 11) is 0. The maximum atomic E-state index is 5.06. The molecule has 0 bridgehead atoms. The lowest BCUT2D eigenvalue weighted by molar-refractivity contribution is 0.400. The second kappa shape index (κ2) is 6.77. The zero-order valence-electron chi connectivity index (χ0n) is 13.2. The first kappa shape index (κ1) is 14.8. The van der Waals surface area contributed by atoms with Gasteiger partial charge in [-0.1, -0.05) is 30.8 Å². The Morgan fingerprint density at radius 2 is 1.77 bits per heavy atom. The average Bonchev–Trinajstić information content (AvgIpc) is 2.72. The van der Waals surface area contributed by atoms with Gasteiger partial charge >= 0.3 is 0 Å². The van der Waals surface area contributed by atoms with Crippen molar-refractivity contribution in [1.29, 1.82) is 0 Å². The Hall–Kier alpha value is -2.11. The van der Waals surface area contributed by atoms with Crippen molar-refractivity contribution in [3.05, 3.63) is 23.6 Å². The molecule has 1 fully saturated rings. The van der Waals surface area contributed by atoms with Crippen molar-refractivity contribution in [2.24, 2.45) is 0 Å². The predicted octanol–water partition coefficient (Wildman–Crippen LogP) is 3.96. The normalized spacial score (nSPS) is 16.3. The number of nitrogens with zero attached hydrogens (tertiary/aromatic N) is 3. The van der Waals surface area contributed by atoms with Gasteiger partial charge in [-0.3, -0.25) is 0 Å². The van der Waals surface area contributed by atoms with Crippen molar-refractivity contribution in [2.45, 2.75) is 58.4 Å². The summed E-state index contributed by atoms with van der Waals surface area (Å²) < 4.78 is 5.06. The third-order valence-corrected chi connectivity index (χ3v) is 3.93. The van der Waals surface area contributed by atoms with Crippen LogP contribution in [0.4, 0.5) is 17.6 Å². The first-order chi connectivity index (χ1) is 10.7. The van der Waals surface area contributed by atoms with Gasteiger partial charge < -0.3 is 15.2 Å². The van der Waals surface area contributed by atoms with Gasteiger partial charge in [0.1, 0.15) is 11.6 Å². The van der Waals surface area contributed by atoms with E-state index >= 15 is 0 Å². The third kappa shape index (κ3) is 3.96. The lowest BCUT2D eigenvalue weighted by Crippen LogP contribution is -2.20. The Morgan fingerprint density at radius 3 is 2.45 bits per heavy atom. The quantitative estimate of drug-likeness (QED) is 0.832. The molecule has 22 heavy (non-hydrogen) atoms. The molecule has 0 saturated heterocycles. The van der Waals surface area contributed by atoms with Gasteiger partial charge in [-0.2, -0.15) is 4.98 Å². The monoisotopic (exact) mass is 301 g/mol. The highest BCUT2D eigenvalue weighted by atomic mass is 16.5. The molecular weight excluding hydrogens is 278 g/mol. The summed E-state index contributed by atoms with van der Waals surface area (Å²) in [6, 6.07) is 4.23. The number of rotatable bonds is 4. The van der Waals surface area contributed by atoms with E-state index in [4.69, 9.17) is 4.52 Å². The molecule has 3 rings (SSSR count). The van der Waals surface area contributed by atoms with Crippen molar-refractivity contribution in [3.8, 4) is 0 Å². The van der Waals surface area contributed by atoms with Gasteiger partial charge in [-0.05, 0) is 26.7 Å². The maximum absolute atomic E-state index is 5.06. The Kier molecular flexibility index (Phi) is 4.56. The fraction of sp³-hybridized carbons (Fsp3) is 0.562. The molecular formula is C16H23N5O. The van der Waals surface area contributed by atoms with Crippen molar-refractivity contribution in [3.63, 3.8) is 0 Å². The Morgan fingerprint density at radius 1 is 1.00 bits per heavy atom. The van der Waals surface area contributed by atoms with Gasteiger partial charge in [0.05, 0.1) is 0 Å². The van der Waals surface area contributed by atoms with Crippen molar-refractivity contribution in [1.82, 2.24) is 15.1 Å². The van der Waals surface area contributed by atoms with Crippen LogP contribution in [0.15, 0.2) is 16.7 Å². The van der Waals surface area contributed by atoms with E-state index in [1.165, 1.54) is 38.5 Å². The molecule has 0 aromatic carbocycles. The van der Waals surface area contributed by atoms with Gasteiger partial charge in [0.15, 0.2) is 5.82 Å². The molecule has 0 amide bonds. The molecule has 2 heterocycles. The van der Waals surface area contributed by atoms with Crippen molar-refractivity contribution < 1.29 is 4.52 Å². The highest BCUT2D eigenvalue weighted by molar-refractivity contribution is 5.53. The summed E-state index contributed by atoms with van der Waals surface area (Å²) in [6.45, 7) is 3.83. The van der Waals surface area contributed by atoms with Crippen LogP contribution in [0.5, 0.6) is 0 Å². The molecule has 1 aliphatic rings. The lowest BCUT2D eigenvalue weighted by atomic mass is 10.1. The molecule has 2 aromatic rings. The molecule has 0 radical (unpaired) electrons. The van der Waals surface area contributed by atoms with Gasteiger partial charge in [-0.15, -0.1) is 0 Å². The first-order valence-corrected chi connectivity index (χ1v) is 8.01. The second-order valence-corrected chi connectivity index (χ2v) is 6.00. The summed E-state index contributed by atoms with van der Waals surface area (Å²) in [6.07, 6.45) is 7.64. The zero-order valence-corrected chi connectivity index (χ0v) is 13.2. The van der Waals surface area contributed by atoms with Crippen molar-refractivity contribution >= 4 is 17.6 Å². The SMILES string of the molecule is Cc1cc(Nc2cc(C)on2)nc(NC2CCCCCC2)n1. The second-order valence-electron chi connectivity index (χ2n) is 6.00. The number of aromatic nitrogens is 3. The minimum Gasteiger partial charge on any atom is -0.360 e. The minimum absolute atomic E-state index is 0.478. The van der Waals surface area contributed by atoms with E-state index in [2.05, 4.69) is 25.8 Å². The summed E-state index contributed by atoms with van der Waals surface area (Å²) in [5.41, 5.74) is 0.925. The Bertz CT molecular complexity index is 617. The van der Waals surface area contributed by atoms with Crippen LogP contribution >= 0.6 is 0 Å². The number of hydrogen-bond donors (Lipinski definition) is 2. The molecule has 0 atom stereocenters. The smallest absolute Gasteiger partial charge is 0.225 e. The molecule has 118 valence electrons. The Labute approximate surface area is 130 Å². The molecule has 1 saturated carbocycles. The average molecular weight is 301 g/mol. The molecule has 0 unspecified atom stereocenters. The molecule has 2 N–H and O–H groups in total. The van der Waals surface area contributed by atoms with Gasteiger partial charge in [0.2, 0.25) is 5.95 Å². The molecule has 6 heteroatoms. The fourth-order valence-electron chi connectivity index (χ4n) is 2.86. The zero-order chi connectivity index (χ0) is 15.4. The Balaban J connectivity index is 1.71.